The molecular formula is C9H20N2O6. The SMILES string of the molecule is CC(C)CC1CC(ON(O)O)C(ON(O)O)C1. The molecule has 8 nitrogen and oxygen atoms in total. The Morgan fingerprint density at radius 3 is 1.71 bits per heavy atom. The van der Waals surface area contributed by atoms with Gasteiger partial charge in [-0.2, -0.15) is 0 Å². The van der Waals surface area contributed by atoms with Gasteiger partial charge in [-0.15, -0.1) is 0 Å². The molecule has 1 aliphatic rings. The van der Waals surface area contributed by atoms with Gasteiger partial charge in [-0.05, 0) is 31.1 Å². The fraction of sp³-hybridized carbons (Fsp3) is 1.00. The van der Waals surface area contributed by atoms with Gasteiger partial charge in [0.1, 0.15) is 12.2 Å². The zero-order valence-electron chi connectivity index (χ0n) is 9.93. The Hall–Kier alpha value is -0.320. The average molecular weight is 252 g/mol. The average Bonchev–Trinajstić information content (AvgIpc) is 2.44. The fourth-order valence-electron chi connectivity index (χ4n) is 2.38. The van der Waals surface area contributed by atoms with E-state index in [4.69, 9.17) is 30.5 Å². The third kappa shape index (κ3) is 5.23. The first kappa shape index (κ1) is 14.7. The first-order valence-electron chi connectivity index (χ1n) is 5.57. The van der Waals surface area contributed by atoms with Crippen LogP contribution in [0.2, 0.25) is 0 Å². The third-order valence-corrected chi connectivity index (χ3v) is 2.81. The first-order chi connectivity index (χ1) is 7.88. The van der Waals surface area contributed by atoms with Crippen molar-refractivity contribution in [3.63, 3.8) is 0 Å². The van der Waals surface area contributed by atoms with Crippen LogP contribution in [0.3, 0.4) is 0 Å². The summed E-state index contributed by atoms with van der Waals surface area (Å²) in [4.78, 5) is 9.41. The molecule has 1 saturated carbocycles. The van der Waals surface area contributed by atoms with Crippen molar-refractivity contribution in [1.29, 1.82) is 0 Å². The van der Waals surface area contributed by atoms with Crippen LogP contribution in [-0.2, 0) is 9.68 Å². The standard InChI is InChI=1S/C9H20N2O6/c1-6(2)3-7-4-8(16-10(12)13)9(5-7)17-11(14)15/h6-9,12-15H,3-5H2,1-2H3. The van der Waals surface area contributed by atoms with E-state index in [1.54, 1.807) is 0 Å². The van der Waals surface area contributed by atoms with E-state index in [0.717, 1.165) is 6.42 Å². The van der Waals surface area contributed by atoms with Crippen molar-refractivity contribution >= 4 is 0 Å². The Labute approximate surface area is 99.3 Å². The summed E-state index contributed by atoms with van der Waals surface area (Å²) in [6, 6.07) is 0. The minimum absolute atomic E-state index is 0.282. The van der Waals surface area contributed by atoms with Gasteiger partial charge in [0.25, 0.3) is 0 Å². The molecule has 102 valence electrons. The van der Waals surface area contributed by atoms with Crippen molar-refractivity contribution < 1.29 is 30.5 Å². The predicted molar refractivity (Wildman–Crippen MR) is 52.7 cm³/mol. The summed E-state index contributed by atoms with van der Waals surface area (Å²) in [6.07, 6.45) is 0.807. The molecule has 0 saturated heterocycles. The van der Waals surface area contributed by atoms with Crippen LogP contribution in [0.15, 0.2) is 0 Å². The molecule has 0 heterocycles. The van der Waals surface area contributed by atoms with E-state index in [-0.39, 0.29) is 16.7 Å². The smallest absolute Gasteiger partial charge is 0.113 e. The van der Waals surface area contributed by atoms with Crippen LogP contribution in [-0.4, -0.2) is 43.8 Å². The second-order valence-electron chi connectivity index (χ2n) is 4.76. The fourth-order valence-corrected chi connectivity index (χ4v) is 2.38. The quantitative estimate of drug-likeness (QED) is 0.522. The molecule has 1 aliphatic carbocycles. The molecule has 0 amide bonds. The Morgan fingerprint density at radius 2 is 1.41 bits per heavy atom. The van der Waals surface area contributed by atoms with Gasteiger partial charge in [-0.3, -0.25) is 20.8 Å². The van der Waals surface area contributed by atoms with Gasteiger partial charge in [0.05, 0.1) is 10.8 Å². The highest BCUT2D eigenvalue weighted by atomic mass is 17.1. The van der Waals surface area contributed by atoms with Crippen molar-refractivity contribution in [2.75, 3.05) is 0 Å². The molecule has 2 unspecified atom stereocenters. The second kappa shape index (κ2) is 6.57. The Bertz CT molecular complexity index is 208. The monoisotopic (exact) mass is 252 g/mol. The Balaban J connectivity index is 2.52. The normalized spacial score (nSPS) is 29.8. The van der Waals surface area contributed by atoms with E-state index in [0.29, 0.717) is 18.8 Å². The van der Waals surface area contributed by atoms with E-state index in [9.17, 15) is 0 Å². The van der Waals surface area contributed by atoms with Crippen LogP contribution in [0.5, 0.6) is 0 Å². The minimum atomic E-state index is -0.629. The van der Waals surface area contributed by atoms with Gasteiger partial charge in [-0.1, -0.05) is 13.8 Å². The first-order valence-corrected chi connectivity index (χ1v) is 5.57. The van der Waals surface area contributed by atoms with Gasteiger partial charge in [0.2, 0.25) is 0 Å². The van der Waals surface area contributed by atoms with Crippen LogP contribution >= 0.6 is 0 Å². The summed E-state index contributed by atoms with van der Waals surface area (Å²) in [5.41, 5.74) is 0. The third-order valence-electron chi connectivity index (χ3n) is 2.81. The zero-order chi connectivity index (χ0) is 13.0. The van der Waals surface area contributed by atoms with Crippen molar-refractivity contribution in [2.24, 2.45) is 11.8 Å². The molecule has 0 spiro atoms. The van der Waals surface area contributed by atoms with E-state index >= 15 is 0 Å². The molecule has 2 atom stereocenters. The van der Waals surface area contributed by atoms with Crippen LogP contribution in [0.4, 0.5) is 0 Å². The van der Waals surface area contributed by atoms with Crippen LogP contribution < -0.4 is 0 Å². The van der Waals surface area contributed by atoms with Gasteiger partial charge < -0.3 is 0 Å². The van der Waals surface area contributed by atoms with Crippen molar-refractivity contribution in [3.05, 3.63) is 0 Å². The summed E-state index contributed by atoms with van der Waals surface area (Å²) in [5.74, 6) is 0.781. The summed E-state index contributed by atoms with van der Waals surface area (Å²) in [6.45, 7) is 4.16. The largest absolute Gasteiger partial charge is 0.266 e. The number of rotatable bonds is 6. The molecule has 4 N–H and O–H groups in total. The van der Waals surface area contributed by atoms with E-state index in [1.807, 2.05) is 0 Å². The van der Waals surface area contributed by atoms with E-state index < -0.39 is 12.2 Å². The molecule has 0 aromatic rings. The molecule has 1 fully saturated rings. The summed E-state index contributed by atoms with van der Waals surface area (Å²) in [7, 11) is 0. The second-order valence-corrected chi connectivity index (χ2v) is 4.76. The maximum atomic E-state index is 8.61. The summed E-state index contributed by atoms with van der Waals surface area (Å²) >= 11 is 0. The molecule has 8 heteroatoms. The van der Waals surface area contributed by atoms with Crippen molar-refractivity contribution in [2.45, 2.75) is 45.3 Å². The molecule has 0 aromatic heterocycles. The summed E-state index contributed by atoms with van der Waals surface area (Å²) < 4.78 is 0. The van der Waals surface area contributed by atoms with Crippen LogP contribution in [0.25, 0.3) is 0 Å². The molecular weight excluding hydrogens is 232 g/mol. The molecule has 17 heavy (non-hydrogen) atoms. The highest BCUT2D eigenvalue weighted by Crippen LogP contribution is 2.34. The van der Waals surface area contributed by atoms with Crippen LogP contribution in [0.1, 0.15) is 33.1 Å². The number of hydrogen-bond donors (Lipinski definition) is 4. The molecule has 0 radical (unpaired) electrons. The topological polar surface area (TPSA) is 106 Å². The van der Waals surface area contributed by atoms with E-state index in [1.165, 1.54) is 0 Å². The highest BCUT2D eigenvalue weighted by molar-refractivity contribution is 4.85. The van der Waals surface area contributed by atoms with Crippen molar-refractivity contribution in [3.8, 4) is 0 Å². The molecule has 0 bridgehead atoms. The number of hydrogen-bond acceptors (Lipinski definition) is 8. The lowest BCUT2D eigenvalue weighted by Gasteiger charge is -2.21. The number of nitrogens with zero attached hydrogens (tertiary/aromatic N) is 2. The van der Waals surface area contributed by atoms with Gasteiger partial charge in [0.15, 0.2) is 0 Å². The Kier molecular flexibility index (Phi) is 5.70. The van der Waals surface area contributed by atoms with Gasteiger partial charge >= 0.3 is 0 Å². The van der Waals surface area contributed by atoms with E-state index in [2.05, 4.69) is 13.8 Å². The minimum Gasteiger partial charge on any atom is -0.266 e. The van der Waals surface area contributed by atoms with Gasteiger partial charge in [-0.25, -0.2) is 9.68 Å². The Morgan fingerprint density at radius 1 is 1.00 bits per heavy atom. The lowest BCUT2D eigenvalue weighted by molar-refractivity contribution is -0.535. The maximum Gasteiger partial charge on any atom is 0.113 e. The lowest BCUT2D eigenvalue weighted by Crippen LogP contribution is -2.35. The maximum absolute atomic E-state index is 8.61. The molecule has 1 rings (SSSR count). The predicted octanol–water partition coefficient (Wildman–Crippen LogP) is 1.20. The highest BCUT2D eigenvalue weighted by Gasteiger charge is 2.39. The summed E-state index contributed by atoms with van der Waals surface area (Å²) in [5, 5.41) is 33.7. The lowest BCUT2D eigenvalue weighted by atomic mass is 9.96. The zero-order valence-corrected chi connectivity index (χ0v) is 9.93. The molecule has 0 aromatic carbocycles. The van der Waals surface area contributed by atoms with Gasteiger partial charge in [0, 0.05) is 0 Å². The molecule has 0 aliphatic heterocycles. The van der Waals surface area contributed by atoms with Crippen molar-refractivity contribution in [1.82, 2.24) is 10.8 Å². The van der Waals surface area contributed by atoms with Crippen LogP contribution in [0, 0.1) is 11.8 Å².